The molecule has 0 radical (unpaired) electrons. The normalized spacial score (nSPS) is 14.9. The Kier molecular flexibility index (Phi) is 4.52. The second-order valence-electron chi connectivity index (χ2n) is 4.76. The van der Waals surface area contributed by atoms with Crippen LogP contribution in [0.3, 0.4) is 0 Å². The van der Waals surface area contributed by atoms with E-state index in [9.17, 15) is 0 Å². The third-order valence-corrected chi connectivity index (χ3v) is 5.47. The molecule has 1 unspecified atom stereocenters. The molecule has 3 rings (SSSR count). The number of halogens is 2. The maximum Gasteiger partial charge on any atom is 0.125 e. The summed E-state index contributed by atoms with van der Waals surface area (Å²) in [6.45, 7) is 0.736. The number of benzene rings is 1. The Morgan fingerprint density at radius 3 is 3.00 bits per heavy atom. The highest BCUT2D eigenvalue weighted by Crippen LogP contribution is 2.35. The fourth-order valence-electron chi connectivity index (χ4n) is 2.50. The Balaban J connectivity index is 1.90. The topological polar surface area (TPSA) is 47.3 Å². The summed E-state index contributed by atoms with van der Waals surface area (Å²) in [6.07, 6.45) is 1.70. The van der Waals surface area contributed by atoms with Gasteiger partial charge in [-0.15, -0.1) is 11.3 Å². The molecule has 1 aliphatic heterocycles. The molecular formula is C14H14ClIN2OS. The van der Waals surface area contributed by atoms with Crippen LogP contribution in [0, 0.1) is 2.88 Å². The molecule has 1 aromatic heterocycles. The van der Waals surface area contributed by atoms with E-state index in [0.717, 1.165) is 35.8 Å². The summed E-state index contributed by atoms with van der Waals surface area (Å²) in [6, 6.07) is 6.20. The summed E-state index contributed by atoms with van der Waals surface area (Å²) < 4.78 is 7.00. The monoisotopic (exact) mass is 420 g/mol. The SMILES string of the molecule is NNC(Cc1cc(Cl)cc2c1OCC2)c1csc(I)c1. The summed E-state index contributed by atoms with van der Waals surface area (Å²) in [5.74, 6) is 6.71. The number of thiophene rings is 1. The summed E-state index contributed by atoms with van der Waals surface area (Å²) >= 11 is 10.2. The van der Waals surface area contributed by atoms with Crippen LogP contribution in [0.4, 0.5) is 0 Å². The zero-order chi connectivity index (χ0) is 14.1. The number of hydrogen-bond donors (Lipinski definition) is 2. The summed E-state index contributed by atoms with van der Waals surface area (Å²) in [7, 11) is 0. The Labute approximate surface area is 140 Å². The van der Waals surface area contributed by atoms with Crippen molar-refractivity contribution in [3.63, 3.8) is 0 Å². The number of fused-ring (bicyclic) bond motifs is 1. The molecule has 0 bridgehead atoms. The molecule has 106 valence electrons. The first kappa shape index (κ1) is 14.6. The highest BCUT2D eigenvalue weighted by molar-refractivity contribution is 14.1. The van der Waals surface area contributed by atoms with Gasteiger partial charge in [-0.25, -0.2) is 0 Å². The van der Waals surface area contributed by atoms with Gasteiger partial charge in [-0.05, 0) is 69.3 Å². The lowest BCUT2D eigenvalue weighted by atomic mass is 9.99. The quantitative estimate of drug-likeness (QED) is 0.450. The van der Waals surface area contributed by atoms with Crippen molar-refractivity contribution in [3.8, 4) is 5.75 Å². The average molecular weight is 421 g/mol. The van der Waals surface area contributed by atoms with Crippen molar-refractivity contribution < 1.29 is 4.74 Å². The van der Waals surface area contributed by atoms with Gasteiger partial charge in [0.25, 0.3) is 0 Å². The van der Waals surface area contributed by atoms with E-state index in [4.69, 9.17) is 22.2 Å². The first-order valence-corrected chi connectivity index (χ1v) is 8.65. The highest BCUT2D eigenvalue weighted by Gasteiger charge is 2.21. The molecule has 3 nitrogen and oxygen atoms in total. The van der Waals surface area contributed by atoms with Gasteiger partial charge in [-0.3, -0.25) is 11.3 Å². The Morgan fingerprint density at radius 1 is 1.45 bits per heavy atom. The molecule has 0 aliphatic carbocycles. The number of hydrazine groups is 1. The highest BCUT2D eigenvalue weighted by atomic mass is 127. The number of rotatable bonds is 4. The van der Waals surface area contributed by atoms with Crippen molar-refractivity contribution in [1.82, 2.24) is 5.43 Å². The van der Waals surface area contributed by atoms with Crippen LogP contribution in [0.5, 0.6) is 5.75 Å². The van der Waals surface area contributed by atoms with E-state index < -0.39 is 0 Å². The van der Waals surface area contributed by atoms with E-state index in [1.165, 1.54) is 14.0 Å². The Bertz CT molecular complexity index is 632. The van der Waals surface area contributed by atoms with Crippen molar-refractivity contribution in [2.24, 2.45) is 5.84 Å². The fourth-order valence-corrected chi connectivity index (χ4v) is 4.19. The van der Waals surface area contributed by atoms with Gasteiger partial charge >= 0.3 is 0 Å². The number of hydrogen-bond acceptors (Lipinski definition) is 4. The van der Waals surface area contributed by atoms with E-state index in [0.29, 0.717) is 0 Å². The minimum absolute atomic E-state index is 0.0709. The third kappa shape index (κ3) is 2.96. The van der Waals surface area contributed by atoms with Crippen molar-refractivity contribution in [3.05, 3.63) is 48.2 Å². The molecule has 2 aromatic rings. The van der Waals surface area contributed by atoms with E-state index in [1.807, 2.05) is 12.1 Å². The fraction of sp³-hybridized carbons (Fsp3) is 0.286. The lowest BCUT2D eigenvalue weighted by molar-refractivity contribution is 0.351. The summed E-state index contributed by atoms with van der Waals surface area (Å²) in [4.78, 5) is 0. The van der Waals surface area contributed by atoms with E-state index >= 15 is 0 Å². The van der Waals surface area contributed by atoms with Crippen LogP contribution in [-0.4, -0.2) is 6.61 Å². The van der Waals surface area contributed by atoms with Gasteiger partial charge in [0.1, 0.15) is 5.75 Å². The lowest BCUT2D eigenvalue weighted by Crippen LogP contribution is -2.29. The van der Waals surface area contributed by atoms with Crippen LogP contribution in [-0.2, 0) is 12.8 Å². The molecule has 1 aliphatic rings. The minimum Gasteiger partial charge on any atom is -0.493 e. The average Bonchev–Trinajstić information content (AvgIpc) is 3.04. The van der Waals surface area contributed by atoms with Gasteiger partial charge < -0.3 is 4.74 Å². The van der Waals surface area contributed by atoms with Crippen LogP contribution in [0.25, 0.3) is 0 Å². The van der Waals surface area contributed by atoms with E-state index in [2.05, 4.69) is 39.5 Å². The second kappa shape index (κ2) is 6.19. The molecule has 6 heteroatoms. The van der Waals surface area contributed by atoms with Crippen LogP contribution >= 0.6 is 45.5 Å². The van der Waals surface area contributed by atoms with E-state index in [1.54, 1.807) is 11.3 Å². The maximum absolute atomic E-state index is 6.20. The Hall–Kier alpha value is -0.340. The molecule has 0 fully saturated rings. The smallest absolute Gasteiger partial charge is 0.125 e. The minimum atomic E-state index is 0.0709. The van der Waals surface area contributed by atoms with Gasteiger partial charge in [0.15, 0.2) is 0 Å². The van der Waals surface area contributed by atoms with Crippen molar-refractivity contribution in [2.75, 3.05) is 6.61 Å². The van der Waals surface area contributed by atoms with Crippen molar-refractivity contribution >= 4 is 45.5 Å². The molecular weight excluding hydrogens is 407 g/mol. The van der Waals surface area contributed by atoms with Gasteiger partial charge in [0.2, 0.25) is 0 Å². The number of nitrogens with two attached hydrogens (primary N) is 1. The molecule has 1 atom stereocenters. The first-order chi connectivity index (χ1) is 9.67. The zero-order valence-corrected chi connectivity index (χ0v) is 14.4. The lowest BCUT2D eigenvalue weighted by Gasteiger charge is -2.17. The van der Waals surface area contributed by atoms with Gasteiger partial charge in [0.05, 0.1) is 15.5 Å². The van der Waals surface area contributed by atoms with Crippen molar-refractivity contribution in [1.29, 1.82) is 0 Å². The first-order valence-electron chi connectivity index (χ1n) is 6.31. The molecule has 1 aromatic carbocycles. The second-order valence-corrected chi connectivity index (χ2v) is 8.00. The molecule has 20 heavy (non-hydrogen) atoms. The van der Waals surface area contributed by atoms with Crippen LogP contribution < -0.4 is 16.0 Å². The van der Waals surface area contributed by atoms with Crippen LogP contribution in [0.1, 0.15) is 22.7 Å². The molecule has 2 heterocycles. The van der Waals surface area contributed by atoms with Gasteiger partial charge in [-0.1, -0.05) is 11.6 Å². The predicted molar refractivity (Wildman–Crippen MR) is 91.5 cm³/mol. The summed E-state index contributed by atoms with van der Waals surface area (Å²) in [5, 5.41) is 2.90. The summed E-state index contributed by atoms with van der Waals surface area (Å²) in [5.41, 5.74) is 6.41. The van der Waals surface area contributed by atoms with Gasteiger partial charge in [-0.2, -0.15) is 0 Å². The third-order valence-electron chi connectivity index (χ3n) is 3.44. The van der Waals surface area contributed by atoms with Crippen LogP contribution in [0.15, 0.2) is 23.6 Å². The maximum atomic E-state index is 6.20. The molecule has 0 saturated carbocycles. The van der Waals surface area contributed by atoms with E-state index in [-0.39, 0.29) is 6.04 Å². The number of nitrogens with one attached hydrogen (secondary N) is 1. The van der Waals surface area contributed by atoms with Crippen molar-refractivity contribution in [2.45, 2.75) is 18.9 Å². The zero-order valence-electron chi connectivity index (χ0n) is 10.7. The predicted octanol–water partition coefficient (Wildman–Crippen LogP) is 3.69. The molecule has 3 N–H and O–H groups in total. The largest absolute Gasteiger partial charge is 0.493 e. The Morgan fingerprint density at radius 2 is 2.30 bits per heavy atom. The molecule has 0 saturated heterocycles. The van der Waals surface area contributed by atoms with Gasteiger partial charge in [0, 0.05) is 11.4 Å². The van der Waals surface area contributed by atoms with Crippen LogP contribution in [0.2, 0.25) is 5.02 Å². The standard InChI is InChI=1S/C14H14ClIN2OS/c15-11-3-8-1-2-19-14(8)9(4-11)5-12(18-17)10-6-13(16)20-7-10/h3-4,6-7,12,18H,1-2,5,17H2. The molecule has 0 spiro atoms. The molecule has 0 amide bonds. The number of ether oxygens (including phenoxy) is 1.